The molecule has 0 saturated carbocycles. The summed E-state index contributed by atoms with van der Waals surface area (Å²) in [5.41, 5.74) is 1.33. The lowest BCUT2D eigenvalue weighted by Crippen LogP contribution is -2.25. The zero-order valence-electron chi connectivity index (χ0n) is 12.2. The van der Waals surface area contributed by atoms with E-state index in [4.69, 9.17) is 0 Å². The van der Waals surface area contributed by atoms with Crippen molar-refractivity contribution in [1.29, 1.82) is 0 Å². The van der Waals surface area contributed by atoms with Gasteiger partial charge in [-0.05, 0) is 35.7 Å². The van der Waals surface area contributed by atoms with Crippen LogP contribution in [0.3, 0.4) is 0 Å². The summed E-state index contributed by atoms with van der Waals surface area (Å²) in [6.07, 6.45) is 3.57. The van der Waals surface area contributed by atoms with Gasteiger partial charge in [0.25, 0.3) is 0 Å². The number of nitrogens with one attached hydrogen (secondary N) is 2. The van der Waals surface area contributed by atoms with E-state index in [1.54, 1.807) is 6.33 Å². The second-order valence-electron chi connectivity index (χ2n) is 5.22. The Hall–Kier alpha value is -2.20. The summed E-state index contributed by atoms with van der Waals surface area (Å²) in [5, 5.41) is 13.1. The van der Waals surface area contributed by atoms with Gasteiger partial charge in [-0.15, -0.1) is 0 Å². The van der Waals surface area contributed by atoms with Crippen molar-refractivity contribution in [2.24, 2.45) is 0 Å². The average molecular weight is 280 g/mol. The zero-order chi connectivity index (χ0) is 14.5. The molecule has 0 bridgehead atoms. The summed E-state index contributed by atoms with van der Waals surface area (Å²) >= 11 is 0. The van der Waals surface area contributed by atoms with E-state index in [9.17, 15) is 0 Å². The standard InChI is InChI=1S/C17H20N4/c1-2-10-18-16(17-19-12-20-21-17)11-14-8-5-7-13-6-3-4-9-15(13)14/h3-9,12,16,18H,2,10-11H2,1H3,(H,19,20,21). The summed E-state index contributed by atoms with van der Waals surface area (Å²) in [6.45, 7) is 3.14. The maximum Gasteiger partial charge on any atom is 0.141 e. The van der Waals surface area contributed by atoms with E-state index in [-0.39, 0.29) is 6.04 Å². The number of fused-ring (bicyclic) bond motifs is 1. The van der Waals surface area contributed by atoms with Gasteiger partial charge in [-0.3, -0.25) is 5.10 Å². The lowest BCUT2D eigenvalue weighted by atomic mass is 9.98. The molecule has 4 nitrogen and oxygen atoms in total. The summed E-state index contributed by atoms with van der Waals surface area (Å²) < 4.78 is 0. The number of benzene rings is 2. The maximum absolute atomic E-state index is 4.32. The van der Waals surface area contributed by atoms with E-state index in [0.717, 1.165) is 25.2 Å². The quantitative estimate of drug-likeness (QED) is 0.729. The number of aromatic nitrogens is 3. The molecule has 21 heavy (non-hydrogen) atoms. The van der Waals surface area contributed by atoms with E-state index >= 15 is 0 Å². The first kappa shape index (κ1) is 13.8. The third-order valence-electron chi connectivity index (χ3n) is 3.71. The van der Waals surface area contributed by atoms with Crippen molar-refractivity contribution in [3.8, 4) is 0 Å². The van der Waals surface area contributed by atoms with Gasteiger partial charge in [-0.25, -0.2) is 4.98 Å². The Morgan fingerprint density at radius 2 is 2.00 bits per heavy atom. The monoisotopic (exact) mass is 280 g/mol. The van der Waals surface area contributed by atoms with Crippen molar-refractivity contribution in [2.45, 2.75) is 25.8 Å². The molecule has 108 valence electrons. The molecule has 0 aliphatic heterocycles. The highest BCUT2D eigenvalue weighted by molar-refractivity contribution is 5.85. The van der Waals surface area contributed by atoms with Crippen LogP contribution in [-0.4, -0.2) is 21.7 Å². The minimum atomic E-state index is 0.165. The fourth-order valence-electron chi connectivity index (χ4n) is 2.66. The van der Waals surface area contributed by atoms with Gasteiger partial charge in [0.2, 0.25) is 0 Å². The van der Waals surface area contributed by atoms with Crippen LogP contribution in [-0.2, 0) is 6.42 Å². The van der Waals surface area contributed by atoms with Crippen molar-refractivity contribution in [1.82, 2.24) is 20.5 Å². The molecule has 4 heteroatoms. The van der Waals surface area contributed by atoms with Crippen LogP contribution in [0.4, 0.5) is 0 Å². The Kier molecular flexibility index (Phi) is 4.26. The lowest BCUT2D eigenvalue weighted by molar-refractivity contribution is 0.507. The number of rotatable bonds is 6. The molecule has 0 aliphatic rings. The topological polar surface area (TPSA) is 53.6 Å². The van der Waals surface area contributed by atoms with Gasteiger partial charge in [-0.1, -0.05) is 49.4 Å². The van der Waals surface area contributed by atoms with Crippen molar-refractivity contribution < 1.29 is 0 Å². The molecule has 1 heterocycles. The van der Waals surface area contributed by atoms with Crippen molar-refractivity contribution in [3.05, 3.63) is 60.2 Å². The third-order valence-corrected chi connectivity index (χ3v) is 3.71. The number of H-pyrrole nitrogens is 1. The second kappa shape index (κ2) is 6.50. The van der Waals surface area contributed by atoms with E-state index in [1.807, 2.05) is 0 Å². The van der Waals surface area contributed by atoms with Crippen LogP contribution in [0.2, 0.25) is 0 Å². The Balaban J connectivity index is 1.90. The van der Waals surface area contributed by atoms with Gasteiger partial charge in [-0.2, -0.15) is 5.10 Å². The molecule has 3 rings (SSSR count). The van der Waals surface area contributed by atoms with Crippen LogP contribution >= 0.6 is 0 Å². The second-order valence-corrected chi connectivity index (χ2v) is 5.22. The molecule has 1 atom stereocenters. The summed E-state index contributed by atoms with van der Waals surface area (Å²) in [4.78, 5) is 4.32. The van der Waals surface area contributed by atoms with E-state index < -0.39 is 0 Å². The van der Waals surface area contributed by atoms with Gasteiger partial charge >= 0.3 is 0 Å². The molecule has 1 unspecified atom stereocenters. The predicted octanol–water partition coefficient (Wildman–Crippen LogP) is 3.24. The van der Waals surface area contributed by atoms with Crippen LogP contribution in [0.15, 0.2) is 48.8 Å². The Bertz CT molecular complexity index is 686. The molecule has 2 aromatic carbocycles. The number of hydrogen-bond donors (Lipinski definition) is 2. The van der Waals surface area contributed by atoms with Gasteiger partial charge in [0.05, 0.1) is 6.04 Å². The molecule has 3 aromatic rings. The Morgan fingerprint density at radius 3 is 2.81 bits per heavy atom. The van der Waals surface area contributed by atoms with Crippen LogP contribution in [0.25, 0.3) is 10.8 Å². The molecule has 0 amide bonds. The molecule has 0 fully saturated rings. The van der Waals surface area contributed by atoms with Crippen LogP contribution in [0.1, 0.15) is 30.8 Å². The van der Waals surface area contributed by atoms with Crippen molar-refractivity contribution in [3.63, 3.8) is 0 Å². The maximum atomic E-state index is 4.32. The third kappa shape index (κ3) is 3.11. The fourth-order valence-corrected chi connectivity index (χ4v) is 2.66. The Morgan fingerprint density at radius 1 is 1.14 bits per heavy atom. The van der Waals surface area contributed by atoms with Crippen LogP contribution in [0, 0.1) is 0 Å². The van der Waals surface area contributed by atoms with Crippen LogP contribution < -0.4 is 5.32 Å². The minimum absolute atomic E-state index is 0.165. The molecule has 0 aliphatic carbocycles. The molecular formula is C17H20N4. The molecular weight excluding hydrogens is 260 g/mol. The molecule has 1 aromatic heterocycles. The summed E-state index contributed by atoms with van der Waals surface area (Å²) in [7, 11) is 0. The number of aromatic amines is 1. The smallest absolute Gasteiger partial charge is 0.141 e. The highest BCUT2D eigenvalue weighted by atomic mass is 15.2. The average Bonchev–Trinajstić information content (AvgIpc) is 3.06. The van der Waals surface area contributed by atoms with E-state index in [2.05, 4.69) is 69.9 Å². The molecule has 0 radical (unpaired) electrons. The first-order valence-electron chi connectivity index (χ1n) is 7.43. The molecule has 0 saturated heterocycles. The molecule has 2 N–H and O–H groups in total. The van der Waals surface area contributed by atoms with Gasteiger partial charge in [0.15, 0.2) is 0 Å². The zero-order valence-corrected chi connectivity index (χ0v) is 12.2. The van der Waals surface area contributed by atoms with Crippen molar-refractivity contribution >= 4 is 10.8 Å². The fraction of sp³-hybridized carbons (Fsp3) is 0.294. The van der Waals surface area contributed by atoms with E-state index in [0.29, 0.717) is 0 Å². The number of nitrogens with zero attached hydrogens (tertiary/aromatic N) is 2. The normalized spacial score (nSPS) is 12.6. The lowest BCUT2D eigenvalue weighted by Gasteiger charge is -2.17. The van der Waals surface area contributed by atoms with Crippen LogP contribution in [0.5, 0.6) is 0 Å². The SMILES string of the molecule is CCCNC(Cc1cccc2ccccc12)c1ncn[nH]1. The highest BCUT2D eigenvalue weighted by Crippen LogP contribution is 2.23. The highest BCUT2D eigenvalue weighted by Gasteiger charge is 2.15. The Labute approximate surface area is 124 Å². The predicted molar refractivity (Wildman–Crippen MR) is 85.1 cm³/mol. The van der Waals surface area contributed by atoms with E-state index in [1.165, 1.54) is 16.3 Å². The molecule has 0 spiro atoms. The van der Waals surface area contributed by atoms with Gasteiger partial charge < -0.3 is 5.32 Å². The number of hydrogen-bond acceptors (Lipinski definition) is 3. The first-order chi connectivity index (χ1) is 10.4. The summed E-state index contributed by atoms with van der Waals surface area (Å²) in [5.74, 6) is 0.899. The van der Waals surface area contributed by atoms with Crippen molar-refractivity contribution in [2.75, 3.05) is 6.54 Å². The largest absolute Gasteiger partial charge is 0.307 e. The van der Waals surface area contributed by atoms with Gasteiger partial charge in [0, 0.05) is 0 Å². The van der Waals surface area contributed by atoms with Gasteiger partial charge in [0.1, 0.15) is 12.2 Å². The summed E-state index contributed by atoms with van der Waals surface area (Å²) in [6, 6.07) is 15.1. The first-order valence-corrected chi connectivity index (χ1v) is 7.43. The minimum Gasteiger partial charge on any atom is -0.307 e.